The predicted octanol–water partition coefficient (Wildman–Crippen LogP) is 7.48. The van der Waals surface area contributed by atoms with E-state index < -0.39 is 0 Å². The molecular weight excluding hydrogens is 330 g/mol. The van der Waals surface area contributed by atoms with E-state index in [0.29, 0.717) is 6.42 Å². The lowest BCUT2D eigenvalue weighted by atomic mass is 9.78. The van der Waals surface area contributed by atoms with Crippen LogP contribution in [-0.4, -0.2) is 6.61 Å². The summed E-state index contributed by atoms with van der Waals surface area (Å²) in [6.45, 7) is 16.6. The molecule has 0 unspecified atom stereocenters. The van der Waals surface area contributed by atoms with Crippen molar-refractivity contribution in [3.8, 4) is 11.8 Å². The van der Waals surface area contributed by atoms with Crippen molar-refractivity contribution < 1.29 is 4.74 Å². The molecule has 1 rings (SSSR count). The Morgan fingerprint density at radius 1 is 0.889 bits per heavy atom. The summed E-state index contributed by atoms with van der Waals surface area (Å²) in [6, 6.07) is 6.94. The molecule has 0 aromatic heterocycles. The van der Waals surface area contributed by atoms with Gasteiger partial charge in [-0.05, 0) is 41.2 Å². The van der Waals surface area contributed by atoms with Crippen molar-refractivity contribution in [2.24, 2.45) is 0 Å². The van der Waals surface area contributed by atoms with Crippen LogP contribution in [0, 0.1) is 11.3 Å². The van der Waals surface area contributed by atoms with Gasteiger partial charge in [0.15, 0.2) is 0 Å². The van der Waals surface area contributed by atoms with Crippen molar-refractivity contribution in [2.75, 3.05) is 6.61 Å². The second-order valence-electron chi connectivity index (χ2n) is 9.79. The zero-order valence-corrected chi connectivity index (χ0v) is 18.9. The molecule has 2 heteroatoms. The fourth-order valence-electron chi connectivity index (χ4n) is 3.27. The summed E-state index contributed by atoms with van der Waals surface area (Å²) in [5.74, 6) is 1.07. The van der Waals surface area contributed by atoms with Crippen LogP contribution in [0.3, 0.4) is 0 Å². The quantitative estimate of drug-likeness (QED) is 0.399. The number of rotatable bonds is 10. The number of nitrogens with zero attached hydrogens (tertiary/aromatic N) is 1. The molecule has 2 nitrogen and oxygen atoms in total. The Balaban J connectivity index is 3.15. The van der Waals surface area contributed by atoms with Gasteiger partial charge in [-0.1, -0.05) is 86.3 Å². The van der Waals surface area contributed by atoms with Gasteiger partial charge in [0.25, 0.3) is 0 Å². The zero-order valence-electron chi connectivity index (χ0n) is 18.9. The monoisotopic (exact) mass is 371 g/mol. The molecule has 0 atom stereocenters. The first-order valence-corrected chi connectivity index (χ1v) is 10.8. The van der Waals surface area contributed by atoms with E-state index in [2.05, 4.69) is 66.7 Å². The maximum Gasteiger partial charge on any atom is 0.126 e. The van der Waals surface area contributed by atoms with Crippen molar-refractivity contribution in [1.82, 2.24) is 0 Å². The van der Waals surface area contributed by atoms with Crippen LogP contribution in [0.5, 0.6) is 5.75 Å². The van der Waals surface area contributed by atoms with Gasteiger partial charge in [0.1, 0.15) is 5.75 Å². The Bertz CT molecular complexity index is 611. The fourth-order valence-corrected chi connectivity index (χ4v) is 3.27. The molecule has 0 saturated carbocycles. The van der Waals surface area contributed by atoms with Gasteiger partial charge in [0, 0.05) is 12.0 Å². The number of hydrogen-bond acceptors (Lipinski definition) is 2. The molecule has 0 heterocycles. The molecule has 152 valence electrons. The van der Waals surface area contributed by atoms with Crippen molar-refractivity contribution >= 4 is 0 Å². The Morgan fingerprint density at radius 2 is 1.56 bits per heavy atom. The highest BCUT2D eigenvalue weighted by Gasteiger charge is 2.25. The van der Waals surface area contributed by atoms with Gasteiger partial charge in [-0.3, -0.25) is 0 Å². The standard InChI is InChI=1S/C25H41NO/c1-8-9-10-11-14-17-27-23-20(15-12-13-16-26)18-21(24(2,3)4)19-22(23)25(5,6)7/h18-19H,8-15,17H2,1-7H3. The third-order valence-corrected chi connectivity index (χ3v) is 5.07. The van der Waals surface area contributed by atoms with E-state index in [-0.39, 0.29) is 10.8 Å². The maximum absolute atomic E-state index is 8.94. The normalized spacial score (nSPS) is 12.1. The second-order valence-corrected chi connectivity index (χ2v) is 9.79. The van der Waals surface area contributed by atoms with E-state index in [1.54, 1.807) is 0 Å². The summed E-state index contributed by atoms with van der Waals surface area (Å²) >= 11 is 0. The van der Waals surface area contributed by atoms with Crippen molar-refractivity contribution in [3.05, 3.63) is 28.8 Å². The first kappa shape index (κ1) is 23.5. The van der Waals surface area contributed by atoms with E-state index >= 15 is 0 Å². The predicted molar refractivity (Wildman–Crippen MR) is 117 cm³/mol. The molecular formula is C25H41NO. The first-order chi connectivity index (χ1) is 12.6. The summed E-state index contributed by atoms with van der Waals surface area (Å²) in [7, 11) is 0. The van der Waals surface area contributed by atoms with Gasteiger partial charge in [0.2, 0.25) is 0 Å². The van der Waals surface area contributed by atoms with E-state index in [1.165, 1.54) is 42.4 Å². The van der Waals surface area contributed by atoms with Gasteiger partial charge in [0.05, 0.1) is 12.7 Å². The van der Waals surface area contributed by atoms with Crippen molar-refractivity contribution in [3.63, 3.8) is 0 Å². The van der Waals surface area contributed by atoms with E-state index in [4.69, 9.17) is 10.00 Å². The smallest absolute Gasteiger partial charge is 0.126 e. The van der Waals surface area contributed by atoms with Crippen LogP contribution in [0.1, 0.15) is 110 Å². The topological polar surface area (TPSA) is 33.0 Å². The maximum atomic E-state index is 8.94. The van der Waals surface area contributed by atoms with Crippen LogP contribution in [-0.2, 0) is 17.3 Å². The summed E-state index contributed by atoms with van der Waals surface area (Å²) < 4.78 is 6.39. The Morgan fingerprint density at radius 3 is 2.11 bits per heavy atom. The number of benzene rings is 1. The Labute approximate surface area is 168 Å². The molecule has 1 aromatic rings. The van der Waals surface area contributed by atoms with Crippen LogP contribution in [0.4, 0.5) is 0 Å². The lowest BCUT2D eigenvalue weighted by Crippen LogP contribution is -2.19. The minimum absolute atomic E-state index is 0.0305. The average Bonchev–Trinajstić information content (AvgIpc) is 2.56. The lowest BCUT2D eigenvalue weighted by Gasteiger charge is -2.29. The summed E-state index contributed by atoms with van der Waals surface area (Å²) in [5.41, 5.74) is 4.06. The van der Waals surface area contributed by atoms with Crippen LogP contribution in [0.25, 0.3) is 0 Å². The van der Waals surface area contributed by atoms with Crippen LogP contribution < -0.4 is 4.74 Å². The van der Waals surface area contributed by atoms with E-state index in [0.717, 1.165) is 31.6 Å². The van der Waals surface area contributed by atoms with Gasteiger partial charge < -0.3 is 4.74 Å². The SMILES string of the molecule is CCCCCCCOc1c(CCCC#N)cc(C(C)(C)C)cc1C(C)(C)C. The van der Waals surface area contributed by atoms with Crippen LogP contribution in [0.2, 0.25) is 0 Å². The largest absolute Gasteiger partial charge is 0.493 e. The van der Waals surface area contributed by atoms with Gasteiger partial charge in [-0.15, -0.1) is 0 Å². The molecule has 0 radical (unpaired) electrons. The highest BCUT2D eigenvalue weighted by atomic mass is 16.5. The molecule has 0 fully saturated rings. The summed E-state index contributed by atoms with van der Waals surface area (Å²) in [6.07, 6.45) is 8.63. The Kier molecular flexibility index (Phi) is 9.37. The number of unbranched alkanes of at least 4 members (excludes halogenated alkanes) is 5. The third-order valence-electron chi connectivity index (χ3n) is 5.07. The molecule has 0 saturated heterocycles. The molecule has 0 aliphatic rings. The number of hydrogen-bond donors (Lipinski definition) is 0. The molecule has 1 aromatic carbocycles. The summed E-state index contributed by atoms with van der Waals surface area (Å²) in [4.78, 5) is 0. The molecule has 0 aliphatic heterocycles. The second kappa shape index (κ2) is 10.7. The summed E-state index contributed by atoms with van der Waals surface area (Å²) in [5, 5.41) is 8.94. The van der Waals surface area contributed by atoms with E-state index in [9.17, 15) is 0 Å². The molecule has 27 heavy (non-hydrogen) atoms. The number of ether oxygens (including phenoxy) is 1. The van der Waals surface area contributed by atoms with Crippen molar-refractivity contribution in [1.29, 1.82) is 5.26 Å². The van der Waals surface area contributed by atoms with Gasteiger partial charge >= 0.3 is 0 Å². The average molecular weight is 372 g/mol. The molecule has 0 aliphatic carbocycles. The molecule has 0 bridgehead atoms. The number of nitriles is 1. The molecule has 0 N–H and O–H groups in total. The van der Waals surface area contributed by atoms with Crippen molar-refractivity contribution in [2.45, 2.75) is 111 Å². The molecule has 0 amide bonds. The lowest BCUT2D eigenvalue weighted by molar-refractivity contribution is 0.293. The van der Waals surface area contributed by atoms with Crippen LogP contribution >= 0.6 is 0 Å². The minimum Gasteiger partial charge on any atom is -0.493 e. The minimum atomic E-state index is 0.0305. The zero-order chi connectivity index (χ0) is 20.5. The fraction of sp³-hybridized carbons (Fsp3) is 0.720. The number of aryl methyl sites for hydroxylation is 1. The van der Waals surface area contributed by atoms with Gasteiger partial charge in [-0.2, -0.15) is 5.26 Å². The highest BCUT2D eigenvalue weighted by Crippen LogP contribution is 2.39. The van der Waals surface area contributed by atoms with Crippen LogP contribution in [0.15, 0.2) is 12.1 Å². The molecule has 0 spiro atoms. The first-order valence-electron chi connectivity index (χ1n) is 10.8. The highest BCUT2D eigenvalue weighted by molar-refractivity contribution is 5.49. The van der Waals surface area contributed by atoms with Gasteiger partial charge in [-0.25, -0.2) is 0 Å². The third kappa shape index (κ3) is 7.96. The Hall–Kier alpha value is -1.49. The van der Waals surface area contributed by atoms with E-state index in [1.807, 2.05) is 0 Å².